The van der Waals surface area contributed by atoms with Gasteiger partial charge in [-0.15, -0.1) is 0 Å². The number of carbonyl (C=O) groups is 1. The molecule has 3 heteroatoms. The quantitative estimate of drug-likeness (QED) is 0.789. The van der Waals surface area contributed by atoms with Gasteiger partial charge in [-0.2, -0.15) is 0 Å². The Balaban J connectivity index is 1.48. The first-order valence-corrected chi connectivity index (χ1v) is 7.17. The molecule has 0 aromatic heterocycles. The molecule has 94 valence electrons. The summed E-state index contributed by atoms with van der Waals surface area (Å²) in [4.78, 5) is 12.4. The lowest BCUT2D eigenvalue weighted by atomic mass is 9.51. The molecule has 1 heterocycles. The third-order valence-corrected chi connectivity index (χ3v) is 5.51. The molecular weight excluding hydrogens is 214 g/mol. The van der Waals surface area contributed by atoms with Crippen molar-refractivity contribution >= 4 is 5.91 Å². The summed E-state index contributed by atoms with van der Waals surface area (Å²) >= 11 is 0. The van der Waals surface area contributed by atoms with E-state index in [0.717, 1.165) is 25.0 Å². The molecule has 1 N–H and O–H groups in total. The number of ether oxygens (including phenoxy) is 1. The van der Waals surface area contributed by atoms with Crippen LogP contribution in [0.15, 0.2) is 0 Å². The second kappa shape index (κ2) is 3.71. The number of hydrogen-bond acceptors (Lipinski definition) is 2. The zero-order valence-corrected chi connectivity index (χ0v) is 10.2. The second-order valence-corrected chi connectivity index (χ2v) is 6.70. The molecule has 1 amide bonds. The van der Waals surface area contributed by atoms with E-state index in [0.29, 0.717) is 29.7 Å². The molecular formula is C14H21NO2. The Morgan fingerprint density at radius 2 is 1.53 bits per heavy atom. The van der Waals surface area contributed by atoms with Crippen LogP contribution >= 0.6 is 0 Å². The molecule has 17 heavy (non-hydrogen) atoms. The van der Waals surface area contributed by atoms with Crippen LogP contribution in [0.3, 0.4) is 0 Å². The van der Waals surface area contributed by atoms with Crippen molar-refractivity contribution in [3.63, 3.8) is 0 Å². The number of nitrogens with one attached hydrogen (secondary N) is 1. The first-order chi connectivity index (χ1) is 8.29. The standard InChI is InChI=1S/C14H21NO2/c16-14(15-12-6-17-7-12)13-10-2-8-1-9(4-10)5-11(13)3-8/h8-13H,1-7H2,(H,15,16). The topological polar surface area (TPSA) is 38.3 Å². The third-order valence-electron chi connectivity index (χ3n) is 5.51. The molecule has 5 fully saturated rings. The minimum absolute atomic E-state index is 0.305. The van der Waals surface area contributed by atoms with Crippen molar-refractivity contribution < 1.29 is 9.53 Å². The molecule has 0 unspecified atom stereocenters. The highest BCUT2D eigenvalue weighted by Gasteiger charge is 2.50. The Morgan fingerprint density at radius 3 is 2.00 bits per heavy atom. The van der Waals surface area contributed by atoms with E-state index in [4.69, 9.17) is 4.74 Å². The van der Waals surface area contributed by atoms with Gasteiger partial charge < -0.3 is 10.1 Å². The normalized spacial score (nSPS) is 47.9. The fraction of sp³-hybridized carbons (Fsp3) is 0.929. The molecule has 0 atom stereocenters. The van der Waals surface area contributed by atoms with Gasteiger partial charge in [-0.05, 0) is 55.8 Å². The summed E-state index contributed by atoms with van der Waals surface area (Å²) in [5.41, 5.74) is 0. The first-order valence-electron chi connectivity index (χ1n) is 7.17. The van der Waals surface area contributed by atoms with Crippen LogP contribution in [0, 0.1) is 29.6 Å². The first kappa shape index (κ1) is 10.4. The maximum atomic E-state index is 12.4. The van der Waals surface area contributed by atoms with Crippen LogP contribution in [0.5, 0.6) is 0 Å². The Kier molecular flexibility index (Phi) is 2.26. The van der Waals surface area contributed by atoms with E-state index in [-0.39, 0.29) is 0 Å². The molecule has 1 aliphatic heterocycles. The van der Waals surface area contributed by atoms with Gasteiger partial charge in [0.05, 0.1) is 19.3 Å². The Hall–Kier alpha value is -0.570. The molecule has 0 radical (unpaired) electrons. The maximum absolute atomic E-state index is 12.4. The van der Waals surface area contributed by atoms with Gasteiger partial charge in [-0.25, -0.2) is 0 Å². The fourth-order valence-electron chi connectivity index (χ4n) is 4.97. The van der Waals surface area contributed by atoms with Crippen LogP contribution < -0.4 is 5.32 Å². The Morgan fingerprint density at radius 1 is 0.941 bits per heavy atom. The van der Waals surface area contributed by atoms with Gasteiger partial charge >= 0.3 is 0 Å². The largest absolute Gasteiger partial charge is 0.377 e. The van der Waals surface area contributed by atoms with Crippen LogP contribution in [0.25, 0.3) is 0 Å². The highest BCUT2D eigenvalue weighted by Crippen LogP contribution is 2.56. The number of amides is 1. The zero-order valence-electron chi connectivity index (χ0n) is 10.2. The predicted molar refractivity (Wildman–Crippen MR) is 63.3 cm³/mol. The van der Waals surface area contributed by atoms with Crippen LogP contribution in [-0.2, 0) is 9.53 Å². The van der Waals surface area contributed by atoms with Crippen LogP contribution in [-0.4, -0.2) is 25.2 Å². The summed E-state index contributed by atoms with van der Waals surface area (Å²) < 4.78 is 5.13. The molecule has 4 saturated carbocycles. The van der Waals surface area contributed by atoms with E-state index in [1.54, 1.807) is 0 Å². The smallest absolute Gasteiger partial charge is 0.224 e. The fourth-order valence-corrected chi connectivity index (χ4v) is 4.97. The second-order valence-electron chi connectivity index (χ2n) is 6.70. The molecule has 1 saturated heterocycles. The average molecular weight is 235 g/mol. The minimum atomic E-state index is 0.305. The molecule has 0 aromatic carbocycles. The summed E-state index contributed by atoms with van der Waals surface area (Å²) in [5, 5.41) is 3.18. The summed E-state index contributed by atoms with van der Waals surface area (Å²) in [5.74, 6) is 3.98. The van der Waals surface area contributed by atoms with Crippen molar-refractivity contribution in [2.24, 2.45) is 29.6 Å². The average Bonchev–Trinajstić information content (AvgIpc) is 2.22. The highest BCUT2D eigenvalue weighted by molar-refractivity contribution is 5.80. The van der Waals surface area contributed by atoms with Gasteiger partial charge in [0.2, 0.25) is 5.91 Å². The van der Waals surface area contributed by atoms with Crippen molar-refractivity contribution in [1.29, 1.82) is 0 Å². The molecule has 5 aliphatic rings. The molecule has 0 spiro atoms. The molecule has 3 nitrogen and oxygen atoms in total. The van der Waals surface area contributed by atoms with Crippen LogP contribution in [0.2, 0.25) is 0 Å². The molecule has 4 aliphatic carbocycles. The van der Waals surface area contributed by atoms with Gasteiger partial charge in [-0.3, -0.25) is 4.79 Å². The number of carbonyl (C=O) groups excluding carboxylic acids is 1. The van der Waals surface area contributed by atoms with E-state index >= 15 is 0 Å². The van der Waals surface area contributed by atoms with E-state index < -0.39 is 0 Å². The van der Waals surface area contributed by atoms with Gasteiger partial charge in [0.25, 0.3) is 0 Å². The van der Waals surface area contributed by atoms with Crippen molar-refractivity contribution in [1.82, 2.24) is 5.32 Å². The Bertz CT molecular complexity index is 309. The Labute approximate surface area is 102 Å². The maximum Gasteiger partial charge on any atom is 0.224 e. The molecule has 4 bridgehead atoms. The summed E-state index contributed by atoms with van der Waals surface area (Å²) in [6.45, 7) is 1.44. The van der Waals surface area contributed by atoms with Crippen LogP contribution in [0.1, 0.15) is 32.1 Å². The summed E-state index contributed by atoms with van der Waals surface area (Å²) in [7, 11) is 0. The van der Waals surface area contributed by atoms with Crippen molar-refractivity contribution in [2.45, 2.75) is 38.1 Å². The van der Waals surface area contributed by atoms with Gasteiger partial charge in [0.15, 0.2) is 0 Å². The number of hydrogen-bond donors (Lipinski definition) is 1. The minimum Gasteiger partial charge on any atom is -0.377 e. The van der Waals surface area contributed by atoms with E-state index in [1.165, 1.54) is 32.1 Å². The van der Waals surface area contributed by atoms with Gasteiger partial charge in [0, 0.05) is 5.92 Å². The third kappa shape index (κ3) is 1.62. The lowest BCUT2D eigenvalue weighted by Crippen LogP contribution is -2.56. The van der Waals surface area contributed by atoms with E-state index in [2.05, 4.69) is 5.32 Å². The highest BCUT2D eigenvalue weighted by atomic mass is 16.5. The van der Waals surface area contributed by atoms with E-state index in [9.17, 15) is 4.79 Å². The van der Waals surface area contributed by atoms with Crippen LogP contribution in [0.4, 0.5) is 0 Å². The lowest BCUT2D eigenvalue weighted by molar-refractivity contribution is -0.142. The van der Waals surface area contributed by atoms with Gasteiger partial charge in [0.1, 0.15) is 0 Å². The zero-order chi connectivity index (χ0) is 11.4. The number of rotatable bonds is 2. The van der Waals surface area contributed by atoms with Crippen molar-refractivity contribution in [3.8, 4) is 0 Å². The van der Waals surface area contributed by atoms with Crippen molar-refractivity contribution in [3.05, 3.63) is 0 Å². The molecule has 0 aromatic rings. The van der Waals surface area contributed by atoms with Gasteiger partial charge in [-0.1, -0.05) is 0 Å². The van der Waals surface area contributed by atoms with E-state index in [1.807, 2.05) is 0 Å². The SMILES string of the molecule is O=C(NC1COC1)C1C2CC3CC(C2)CC1C3. The van der Waals surface area contributed by atoms with Crippen molar-refractivity contribution in [2.75, 3.05) is 13.2 Å². The monoisotopic (exact) mass is 235 g/mol. The summed E-state index contributed by atoms with van der Waals surface area (Å²) in [6.07, 6.45) is 6.76. The lowest BCUT2D eigenvalue weighted by Gasteiger charge is -2.53. The summed E-state index contributed by atoms with van der Waals surface area (Å²) in [6, 6.07) is 0.305. The molecule has 5 rings (SSSR count). The predicted octanol–water partition coefficient (Wildman–Crippen LogP) is 1.57.